The molecule has 0 radical (unpaired) electrons. The number of furan rings is 1. The molecule has 10 aromatic rings. The summed E-state index contributed by atoms with van der Waals surface area (Å²) in [6.07, 6.45) is 6.44. The zero-order valence-electron chi connectivity index (χ0n) is 30.7. The van der Waals surface area contributed by atoms with Crippen LogP contribution in [0.3, 0.4) is 0 Å². The van der Waals surface area contributed by atoms with Crippen LogP contribution in [0.25, 0.3) is 71.3 Å². The summed E-state index contributed by atoms with van der Waals surface area (Å²) >= 11 is 0. The molecule has 0 spiro atoms. The van der Waals surface area contributed by atoms with E-state index < -0.39 is 0 Å². The van der Waals surface area contributed by atoms with Crippen molar-refractivity contribution in [1.82, 2.24) is 4.57 Å². The molecule has 11 rings (SSSR count). The maximum atomic E-state index is 6.86. The predicted octanol–water partition coefficient (Wildman–Crippen LogP) is 15.0. The molecular formula is C52H40N2O. The van der Waals surface area contributed by atoms with Crippen molar-refractivity contribution in [1.29, 1.82) is 0 Å². The van der Waals surface area contributed by atoms with Crippen molar-refractivity contribution in [3.63, 3.8) is 0 Å². The van der Waals surface area contributed by atoms with Crippen LogP contribution in [0.1, 0.15) is 43.6 Å². The summed E-state index contributed by atoms with van der Waals surface area (Å²) in [7, 11) is 0. The number of rotatable bonds is 6. The molecule has 2 heterocycles. The molecule has 1 saturated carbocycles. The van der Waals surface area contributed by atoms with E-state index in [9.17, 15) is 0 Å². The lowest BCUT2D eigenvalue weighted by Gasteiger charge is -2.30. The van der Waals surface area contributed by atoms with Gasteiger partial charge < -0.3 is 13.9 Å². The van der Waals surface area contributed by atoms with Gasteiger partial charge in [-0.15, -0.1) is 0 Å². The van der Waals surface area contributed by atoms with E-state index in [4.69, 9.17) is 4.42 Å². The quantitative estimate of drug-likeness (QED) is 0.171. The third-order valence-electron chi connectivity index (χ3n) is 12.0. The fourth-order valence-electron chi connectivity index (χ4n) is 9.57. The Labute approximate surface area is 320 Å². The second kappa shape index (κ2) is 13.1. The van der Waals surface area contributed by atoms with Crippen LogP contribution in [0.2, 0.25) is 0 Å². The summed E-state index contributed by atoms with van der Waals surface area (Å²) < 4.78 is 9.30. The number of fused-ring (bicyclic) bond motifs is 7. The van der Waals surface area contributed by atoms with Crippen LogP contribution in [-0.2, 0) is 0 Å². The molecule has 1 fully saturated rings. The van der Waals surface area contributed by atoms with Gasteiger partial charge in [-0.2, -0.15) is 0 Å². The van der Waals surface area contributed by atoms with Crippen LogP contribution in [0.15, 0.2) is 180 Å². The molecule has 3 nitrogen and oxygen atoms in total. The fourth-order valence-corrected chi connectivity index (χ4v) is 9.57. The Balaban J connectivity index is 1.26. The topological polar surface area (TPSA) is 21.3 Å². The summed E-state index contributed by atoms with van der Waals surface area (Å²) in [6.45, 7) is 0. The second-order valence-electron chi connectivity index (χ2n) is 15.1. The zero-order valence-corrected chi connectivity index (χ0v) is 30.7. The van der Waals surface area contributed by atoms with E-state index >= 15 is 0 Å². The number of benzene rings is 8. The molecule has 1 aliphatic carbocycles. The lowest BCUT2D eigenvalue weighted by molar-refractivity contribution is 0.445. The number of nitrogens with zero attached hydrogens (tertiary/aromatic N) is 2. The van der Waals surface area contributed by atoms with Gasteiger partial charge in [-0.05, 0) is 83.1 Å². The summed E-state index contributed by atoms with van der Waals surface area (Å²) in [6, 6.07) is 64.2. The fraction of sp³-hybridized carbons (Fsp3) is 0.115. The molecule has 264 valence electrons. The standard InChI is InChI=1S/C52H40N2O/c1-3-17-35(18-4-1)38-26-13-19-36-20-14-27-42(50(36)38)39-23-7-11-31-46(39)54(48-33-16-29-44-41-25-9-12-34-49(41)55-52(44)48)47-32-15-28-43-40-24-8-10-30-45(40)53(51(43)47)37-21-5-2-6-22-37/h2,5-16,19-35H,1,3-4,17-18H2. The minimum Gasteiger partial charge on any atom is -0.454 e. The normalized spacial score (nSPS) is 13.7. The van der Waals surface area contributed by atoms with E-state index in [2.05, 4.69) is 185 Å². The van der Waals surface area contributed by atoms with Crippen molar-refractivity contribution in [3.05, 3.63) is 181 Å². The summed E-state index contributed by atoms with van der Waals surface area (Å²) in [5.74, 6) is 0.571. The Bertz CT molecular complexity index is 3030. The molecule has 55 heavy (non-hydrogen) atoms. The number of aromatic nitrogens is 1. The molecule has 1 aliphatic rings. The van der Waals surface area contributed by atoms with Gasteiger partial charge in [0.15, 0.2) is 5.58 Å². The van der Waals surface area contributed by atoms with Crippen molar-refractivity contribution in [2.24, 2.45) is 0 Å². The molecule has 0 atom stereocenters. The molecule has 0 saturated heterocycles. The second-order valence-corrected chi connectivity index (χ2v) is 15.1. The minimum absolute atomic E-state index is 0.571. The molecule has 8 aromatic carbocycles. The van der Waals surface area contributed by atoms with E-state index in [1.54, 1.807) is 0 Å². The molecule has 0 N–H and O–H groups in total. The van der Waals surface area contributed by atoms with E-state index in [1.807, 2.05) is 0 Å². The maximum absolute atomic E-state index is 6.86. The van der Waals surface area contributed by atoms with Gasteiger partial charge in [0, 0.05) is 32.8 Å². The number of hydrogen-bond donors (Lipinski definition) is 0. The van der Waals surface area contributed by atoms with Crippen molar-refractivity contribution in [2.75, 3.05) is 4.90 Å². The first-order chi connectivity index (χ1) is 27.3. The SMILES string of the molecule is c1ccc(-n2c3ccccc3c3cccc(N(c4ccccc4-c4cccc5cccc(C6CCCCC6)c45)c4cccc5c4oc4ccccc45)c32)cc1. The summed E-state index contributed by atoms with van der Waals surface area (Å²) in [5.41, 5.74) is 12.4. The number of hydrogen-bond acceptors (Lipinski definition) is 2. The van der Waals surface area contributed by atoms with Crippen LogP contribution in [-0.4, -0.2) is 4.57 Å². The van der Waals surface area contributed by atoms with E-state index in [0.717, 1.165) is 50.2 Å². The first kappa shape index (κ1) is 31.9. The maximum Gasteiger partial charge on any atom is 0.159 e. The van der Waals surface area contributed by atoms with Crippen LogP contribution >= 0.6 is 0 Å². The summed E-state index contributed by atoms with van der Waals surface area (Å²) in [5, 5.41) is 7.34. The highest BCUT2D eigenvalue weighted by atomic mass is 16.3. The number of para-hydroxylation sites is 6. The molecule has 3 heteroatoms. The number of anilines is 3. The van der Waals surface area contributed by atoms with E-state index in [-0.39, 0.29) is 0 Å². The Morgan fingerprint density at radius 1 is 0.473 bits per heavy atom. The highest BCUT2D eigenvalue weighted by Gasteiger charge is 2.27. The predicted molar refractivity (Wildman–Crippen MR) is 232 cm³/mol. The molecule has 0 unspecified atom stereocenters. The summed E-state index contributed by atoms with van der Waals surface area (Å²) in [4.78, 5) is 2.47. The van der Waals surface area contributed by atoms with Crippen molar-refractivity contribution in [3.8, 4) is 16.8 Å². The first-order valence-electron chi connectivity index (χ1n) is 19.7. The first-order valence-corrected chi connectivity index (χ1v) is 19.7. The Morgan fingerprint density at radius 2 is 1.11 bits per heavy atom. The van der Waals surface area contributed by atoms with E-state index in [0.29, 0.717) is 5.92 Å². The third kappa shape index (κ3) is 5.11. The van der Waals surface area contributed by atoms with Crippen molar-refractivity contribution < 1.29 is 4.42 Å². The Morgan fingerprint density at radius 3 is 1.98 bits per heavy atom. The van der Waals surface area contributed by atoms with Crippen LogP contribution in [0, 0.1) is 0 Å². The highest BCUT2D eigenvalue weighted by Crippen LogP contribution is 2.50. The van der Waals surface area contributed by atoms with Gasteiger partial charge >= 0.3 is 0 Å². The monoisotopic (exact) mass is 708 g/mol. The smallest absolute Gasteiger partial charge is 0.159 e. The molecule has 2 aromatic heterocycles. The van der Waals surface area contributed by atoms with Gasteiger partial charge in [-0.3, -0.25) is 0 Å². The molecule has 0 aliphatic heterocycles. The van der Waals surface area contributed by atoms with Crippen molar-refractivity contribution >= 4 is 71.6 Å². The van der Waals surface area contributed by atoms with Gasteiger partial charge in [-0.25, -0.2) is 0 Å². The van der Waals surface area contributed by atoms with Crippen LogP contribution < -0.4 is 4.90 Å². The highest BCUT2D eigenvalue weighted by molar-refractivity contribution is 6.17. The van der Waals surface area contributed by atoms with E-state index in [1.165, 1.54) is 75.9 Å². The minimum atomic E-state index is 0.571. The lowest BCUT2D eigenvalue weighted by Crippen LogP contribution is -2.13. The van der Waals surface area contributed by atoms with Crippen LogP contribution in [0.5, 0.6) is 0 Å². The Hall–Kier alpha value is -6.58. The van der Waals surface area contributed by atoms with Gasteiger partial charge in [0.25, 0.3) is 0 Å². The van der Waals surface area contributed by atoms with Gasteiger partial charge in [0.1, 0.15) is 5.58 Å². The third-order valence-corrected chi connectivity index (χ3v) is 12.0. The zero-order chi connectivity index (χ0) is 36.3. The van der Waals surface area contributed by atoms with Gasteiger partial charge in [0.05, 0.1) is 28.1 Å². The lowest BCUT2D eigenvalue weighted by atomic mass is 9.80. The van der Waals surface area contributed by atoms with Gasteiger partial charge in [0.2, 0.25) is 0 Å². The molecule has 0 bridgehead atoms. The Kier molecular flexibility index (Phi) is 7.58. The average molecular weight is 709 g/mol. The molecular weight excluding hydrogens is 669 g/mol. The van der Waals surface area contributed by atoms with Crippen molar-refractivity contribution in [2.45, 2.75) is 38.0 Å². The van der Waals surface area contributed by atoms with Crippen LogP contribution in [0.4, 0.5) is 17.1 Å². The molecule has 0 amide bonds. The average Bonchev–Trinajstić information content (AvgIpc) is 3.81. The van der Waals surface area contributed by atoms with Gasteiger partial charge in [-0.1, -0.05) is 153 Å². The largest absolute Gasteiger partial charge is 0.454 e.